The molecule has 0 atom stereocenters. The average Bonchev–Trinajstić information content (AvgIpc) is 1.88. The first kappa shape index (κ1) is 6.67. The van der Waals surface area contributed by atoms with Crippen molar-refractivity contribution in [1.29, 1.82) is 5.41 Å². The molecule has 0 unspecified atom stereocenters. The molecule has 0 fully saturated rings. The molecule has 10 heavy (non-hydrogen) atoms. The predicted octanol–water partition coefficient (Wildman–Crippen LogP) is 0.365. The highest BCUT2D eigenvalue weighted by Crippen LogP contribution is 2.01. The number of aromatic nitrogens is 2. The van der Waals surface area contributed by atoms with E-state index in [1.54, 1.807) is 13.1 Å². The van der Waals surface area contributed by atoms with Gasteiger partial charge in [0.15, 0.2) is 5.82 Å². The highest BCUT2D eigenvalue weighted by molar-refractivity contribution is 5.80. The van der Waals surface area contributed by atoms with Crippen LogP contribution in [0.5, 0.6) is 0 Å². The summed E-state index contributed by atoms with van der Waals surface area (Å²) in [5.41, 5.74) is 6.60. The van der Waals surface area contributed by atoms with E-state index in [1.807, 2.05) is 0 Å². The fraction of sp³-hybridized carbons (Fsp3) is 0.167. The molecule has 0 amide bonds. The SMILES string of the molecule is Cc1cnc(C=N)c(N)n1. The van der Waals surface area contributed by atoms with Gasteiger partial charge in [0.1, 0.15) is 5.69 Å². The molecule has 52 valence electrons. The second kappa shape index (κ2) is 2.43. The first-order chi connectivity index (χ1) is 4.74. The van der Waals surface area contributed by atoms with E-state index in [0.29, 0.717) is 11.5 Å². The molecule has 0 aliphatic carbocycles. The van der Waals surface area contributed by atoms with Gasteiger partial charge in [0.05, 0.1) is 5.69 Å². The molecule has 1 heterocycles. The van der Waals surface area contributed by atoms with Gasteiger partial charge < -0.3 is 11.1 Å². The van der Waals surface area contributed by atoms with Crippen molar-refractivity contribution >= 4 is 12.0 Å². The number of rotatable bonds is 1. The van der Waals surface area contributed by atoms with Crippen molar-refractivity contribution in [3.8, 4) is 0 Å². The molecular formula is C6H8N4. The monoisotopic (exact) mass is 136 g/mol. The molecule has 4 heteroatoms. The van der Waals surface area contributed by atoms with Crippen LogP contribution in [0.2, 0.25) is 0 Å². The van der Waals surface area contributed by atoms with Gasteiger partial charge in [-0.15, -0.1) is 0 Å². The van der Waals surface area contributed by atoms with Gasteiger partial charge in [0, 0.05) is 12.4 Å². The maximum absolute atomic E-state index is 6.85. The highest BCUT2D eigenvalue weighted by atomic mass is 14.9. The Bertz CT molecular complexity index is 256. The smallest absolute Gasteiger partial charge is 0.151 e. The maximum Gasteiger partial charge on any atom is 0.151 e. The van der Waals surface area contributed by atoms with E-state index in [0.717, 1.165) is 11.9 Å². The van der Waals surface area contributed by atoms with Crippen LogP contribution in [0.15, 0.2) is 6.20 Å². The lowest BCUT2D eigenvalue weighted by Crippen LogP contribution is -2.00. The third-order valence-corrected chi connectivity index (χ3v) is 1.09. The van der Waals surface area contributed by atoms with Gasteiger partial charge in [-0.05, 0) is 6.92 Å². The van der Waals surface area contributed by atoms with Crippen LogP contribution in [0, 0.1) is 12.3 Å². The van der Waals surface area contributed by atoms with Crippen molar-refractivity contribution in [2.75, 3.05) is 5.73 Å². The zero-order valence-electron chi connectivity index (χ0n) is 5.63. The van der Waals surface area contributed by atoms with Gasteiger partial charge in [0.25, 0.3) is 0 Å². The van der Waals surface area contributed by atoms with E-state index in [4.69, 9.17) is 11.1 Å². The average molecular weight is 136 g/mol. The number of nitrogen functional groups attached to an aromatic ring is 1. The summed E-state index contributed by atoms with van der Waals surface area (Å²) in [6.45, 7) is 1.80. The zero-order valence-corrected chi connectivity index (χ0v) is 5.63. The van der Waals surface area contributed by atoms with Gasteiger partial charge in [-0.25, -0.2) is 9.97 Å². The molecule has 0 radical (unpaired) electrons. The number of anilines is 1. The number of nitrogens with zero attached hydrogens (tertiary/aromatic N) is 2. The summed E-state index contributed by atoms with van der Waals surface area (Å²) in [7, 11) is 0. The van der Waals surface area contributed by atoms with Crippen LogP contribution < -0.4 is 5.73 Å². The maximum atomic E-state index is 6.85. The van der Waals surface area contributed by atoms with E-state index in [2.05, 4.69) is 9.97 Å². The molecular weight excluding hydrogens is 128 g/mol. The third kappa shape index (κ3) is 1.10. The molecule has 0 bridgehead atoms. The fourth-order valence-electron chi connectivity index (χ4n) is 0.616. The Morgan fingerprint density at radius 1 is 1.70 bits per heavy atom. The number of aryl methyl sites for hydroxylation is 1. The van der Waals surface area contributed by atoms with Gasteiger partial charge >= 0.3 is 0 Å². The number of hydrogen-bond acceptors (Lipinski definition) is 4. The lowest BCUT2D eigenvalue weighted by molar-refractivity contribution is 1.12. The zero-order chi connectivity index (χ0) is 7.56. The molecule has 1 rings (SSSR count). The standard InChI is InChI=1S/C6H8N4/c1-4-3-9-5(2-7)6(8)10-4/h2-3,7H,1H3,(H2,8,10). The van der Waals surface area contributed by atoms with Crippen LogP contribution in [-0.4, -0.2) is 16.2 Å². The minimum atomic E-state index is 0.315. The quantitative estimate of drug-likeness (QED) is 0.547. The Labute approximate surface area is 58.6 Å². The van der Waals surface area contributed by atoms with Crippen molar-refractivity contribution < 1.29 is 0 Å². The Kier molecular flexibility index (Phi) is 1.62. The van der Waals surface area contributed by atoms with Crippen LogP contribution in [0.25, 0.3) is 0 Å². The van der Waals surface area contributed by atoms with Gasteiger partial charge in [-0.1, -0.05) is 0 Å². The number of hydrogen-bond donors (Lipinski definition) is 2. The highest BCUT2D eigenvalue weighted by Gasteiger charge is 1.96. The van der Waals surface area contributed by atoms with Crippen molar-refractivity contribution in [2.45, 2.75) is 6.92 Å². The van der Waals surface area contributed by atoms with E-state index in [1.165, 1.54) is 0 Å². The summed E-state index contributed by atoms with van der Waals surface area (Å²) >= 11 is 0. The fourth-order valence-corrected chi connectivity index (χ4v) is 0.616. The Morgan fingerprint density at radius 2 is 2.40 bits per heavy atom. The first-order valence-electron chi connectivity index (χ1n) is 2.83. The number of nitrogens with one attached hydrogen (secondary N) is 1. The Morgan fingerprint density at radius 3 is 2.90 bits per heavy atom. The second-order valence-corrected chi connectivity index (χ2v) is 1.93. The van der Waals surface area contributed by atoms with Crippen molar-refractivity contribution in [1.82, 2.24) is 9.97 Å². The summed E-state index contributed by atoms with van der Waals surface area (Å²) in [4.78, 5) is 7.77. The van der Waals surface area contributed by atoms with E-state index in [-0.39, 0.29) is 0 Å². The van der Waals surface area contributed by atoms with E-state index in [9.17, 15) is 0 Å². The van der Waals surface area contributed by atoms with Crippen LogP contribution in [0.1, 0.15) is 11.4 Å². The minimum absolute atomic E-state index is 0.315. The van der Waals surface area contributed by atoms with Gasteiger partial charge in [-0.3, -0.25) is 0 Å². The number of nitrogens with two attached hydrogens (primary N) is 1. The molecule has 1 aromatic heterocycles. The van der Waals surface area contributed by atoms with Crippen LogP contribution in [0.3, 0.4) is 0 Å². The van der Waals surface area contributed by atoms with Gasteiger partial charge in [0.2, 0.25) is 0 Å². The first-order valence-corrected chi connectivity index (χ1v) is 2.83. The molecule has 0 saturated heterocycles. The van der Waals surface area contributed by atoms with Gasteiger partial charge in [-0.2, -0.15) is 0 Å². The lowest BCUT2D eigenvalue weighted by atomic mass is 10.4. The third-order valence-electron chi connectivity index (χ3n) is 1.09. The second-order valence-electron chi connectivity index (χ2n) is 1.93. The summed E-state index contributed by atoms with van der Waals surface area (Å²) < 4.78 is 0. The molecule has 0 aliphatic rings. The van der Waals surface area contributed by atoms with Crippen LogP contribution >= 0.6 is 0 Å². The van der Waals surface area contributed by atoms with Crippen LogP contribution in [-0.2, 0) is 0 Å². The lowest BCUT2D eigenvalue weighted by Gasteiger charge is -1.96. The minimum Gasteiger partial charge on any atom is -0.382 e. The van der Waals surface area contributed by atoms with E-state index >= 15 is 0 Å². The molecule has 4 nitrogen and oxygen atoms in total. The van der Waals surface area contributed by atoms with E-state index < -0.39 is 0 Å². The molecule has 3 N–H and O–H groups in total. The summed E-state index contributed by atoms with van der Waals surface area (Å²) in [6, 6.07) is 0. The van der Waals surface area contributed by atoms with Crippen LogP contribution in [0.4, 0.5) is 5.82 Å². The normalized spacial score (nSPS) is 9.30. The van der Waals surface area contributed by atoms with Crippen molar-refractivity contribution in [2.24, 2.45) is 0 Å². The molecule has 0 aliphatic heterocycles. The summed E-state index contributed by atoms with van der Waals surface area (Å²) in [5.74, 6) is 0.315. The van der Waals surface area contributed by atoms with Crippen molar-refractivity contribution in [3.05, 3.63) is 17.6 Å². The molecule has 0 saturated carbocycles. The van der Waals surface area contributed by atoms with Crippen molar-refractivity contribution in [3.63, 3.8) is 0 Å². The molecule has 0 aromatic carbocycles. The molecule has 1 aromatic rings. The summed E-state index contributed by atoms with van der Waals surface area (Å²) in [6.07, 6.45) is 2.67. The topological polar surface area (TPSA) is 75.7 Å². The Hall–Kier alpha value is -1.45. The Balaban J connectivity index is 3.19. The molecule has 0 spiro atoms. The predicted molar refractivity (Wildman–Crippen MR) is 39.1 cm³/mol. The largest absolute Gasteiger partial charge is 0.382 e. The summed E-state index contributed by atoms with van der Waals surface area (Å²) in [5, 5.41) is 6.85.